The third kappa shape index (κ3) is 2.79. The Bertz CT molecular complexity index is 230. The zero-order valence-corrected chi connectivity index (χ0v) is 7.64. The van der Waals surface area contributed by atoms with Gasteiger partial charge in [0, 0.05) is 7.11 Å². The number of aliphatic hydroxyl groups is 1. The van der Waals surface area contributed by atoms with Crippen molar-refractivity contribution in [2.24, 2.45) is 5.92 Å². The van der Waals surface area contributed by atoms with E-state index in [9.17, 15) is 4.79 Å². The van der Waals surface area contributed by atoms with Crippen LogP contribution in [0.2, 0.25) is 0 Å². The molecule has 0 fully saturated rings. The fourth-order valence-electron chi connectivity index (χ4n) is 1.36. The maximum Gasteiger partial charge on any atom is 0.184 e. The largest absolute Gasteiger partial charge is 0.392 e. The lowest BCUT2D eigenvalue weighted by Gasteiger charge is -2.19. The molecule has 3 heteroatoms. The van der Waals surface area contributed by atoms with Gasteiger partial charge in [-0.25, -0.2) is 0 Å². The molecular weight excluding hydrogens is 168 g/mol. The van der Waals surface area contributed by atoms with Gasteiger partial charge in [0.2, 0.25) is 0 Å². The Hall–Kier alpha value is -0.930. The van der Waals surface area contributed by atoms with E-state index in [4.69, 9.17) is 9.84 Å². The molecule has 0 bridgehead atoms. The number of aliphatic hydroxyl groups excluding tert-OH is 1. The van der Waals surface area contributed by atoms with E-state index < -0.39 is 0 Å². The molecule has 0 amide bonds. The molecule has 0 saturated carbocycles. The van der Waals surface area contributed by atoms with Crippen molar-refractivity contribution >= 4 is 5.78 Å². The van der Waals surface area contributed by atoms with E-state index in [0.29, 0.717) is 6.42 Å². The molecule has 1 aliphatic rings. The Balaban J connectivity index is 2.57. The molecule has 1 N–H and O–H groups in total. The van der Waals surface area contributed by atoms with Crippen LogP contribution in [0.25, 0.3) is 0 Å². The summed E-state index contributed by atoms with van der Waals surface area (Å²) in [5, 5.41) is 8.56. The fraction of sp³-hybridized carbons (Fsp3) is 0.500. The summed E-state index contributed by atoms with van der Waals surface area (Å²) in [6.45, 7) is 0.0376. The Morgan fingerprint density at radius 3 is 3.15 bits per heavy atom. The maximum atomic E-state index is 11.2. The second-order valence-corrected chi connectivity index (χ2v) is 3.00. The predicted molar refractivity (Wildman–Crippen MR) is 49.3 cm³/mol. The summed E-state index contributed by atoms with van der Waals surface area (Å²) >= 11 is 0. The molecule has 0 heterocycles. The highest BCUT2D eigenvalue weighted by Gasteiger charge is 2.22. The Morgan fingerprint density at radius 1 is 1.77 bits per heavy atom. The smallest absolute Gasteiger partial charge is 0.184 e. The van der Waals surface area contributed by atoms with Crippen LogP contribution in [0.3, 0.4) is 0 Å². The molecule has 0 radical (unpaired) electrons. The van der Waals surface area contributed by atoms with Crippen LogP contribution in [0, 0.1) is 5.92 Å². The van der Waals surface area contributed by atoms with Crippen molar-refractivity contribution in [3.63, 3.8) is 0 Å². The number of allylic oxidation sites excluding steroid dienone is 2. The first-order valence-corrected chi connectivity index (χ1v) is 4.30. The SMILES string of the molecule is COC1CC(C=CCO)C=CC1=O. The first-order valence-electron chi connectivity index (χ1n) is 4.30. The van der Waals surface area contributed by atoms with Crippen LogP contribution < -0.4 is 0 Å². The average Bonchev–Trinajstić information content (AvgIpc) is 2.16. The van der Waals surface area contributed by atoms with Crippen LogP contribution in [-0.2, 0) is 9.53 Å². The fourth-order valence-corrected chi connectivity index (χ4v) is 1.36. The van der Waals surface area contributed by atoms with E-state index in [1.165, 1.54) is 7.11 Å². The summed E-state index contributed by atoms with van der Waals surface area (Å²) in [5.74, 6) is 0.228. The van der Waals surface area contributed by atoms with Crippen molar-refractivity contribution in [3.05, 3.63) is 24.3 Å². The standard InChI is InChI=1S/C10H14O3/c1-13-10-7-8(3-2-6-11)4-5-9(10)12/h2-5,8,10-11H,6-7H2,1H3. The van der Waals surface area contributed by atoms with Gasteiger partial charge in [-0.15, -0.1) is 0 Å². The van der Waals surface area contributed by atoms with Gasteiger partial charge < -0.3 is 9.84 Å². The summed E-state index contributed by atoms with van der Waals surface area (Å²) < 4.78 is 5.02. The minimum atomic E-state index is -0.321. The second-order valence-electron chi connectivity index (χ2n) is 3.00. The van der Waals surface area contributed by atoms with Gasteiger partial charge >= 0.3 is 0 Å². The molecule has 13 heavy (non-hydrogen) atoms. The molecule has 72 valence electrons. The average molecular weight is 182 g/mol. The van der Waals surface area contributed by atoms with E-state index in [0.717, 1.165) is 0 Å². The normalized spacial score (nSPS) is 28.6. The lowest BCUT2D eigenvalue weighted by molar-refractivity contribution is -0.125. The second kappa shape index (κ2) is 4.94. The summed E-state index contributed by atoms with van der Waals surface area (Å²) in [4.78, 5) is 11.2. The van der Waals surface area contributed by atoms with E-state index in [1.807, 2.05) is 12.2 Å². The number of ketones is 1. The molecule has 2 atom stereocenters. The lowest BCUT2D eigenvalue weighted by atomic mass is 9.92. The summed E-state index contributed by atoms with van der Waals surface area (Å²) in [6, 6.07) is 0. The van der Waals surface area contributed by atoms with Gasteiger partial charge in [0.05, 0.1) is 6.61 Å². The lowest BCUT2D eigenvalue weighted by Crippen LogP contribution is -2.26. The molecule has 1 rings (SSSR count). The van der Waals surface area contributed by atoms with E-state index in [-0.39, 0.29) is 24.4 Å². The first kappa shape index (κ1) is 10.2. The van der Waals surface area contributed by atoms with Gasteiger partial charge in [-0.1, -0.05) is 18.2 Å². The number of carbonyl (C=O) groups is 1. The van der Waals surface area contributed by atoms with Crippen LogP contribution in [-0.4, -0.2) is 30.7 Å². The molecule has 0 aromatic carbocycles. The molecule has 3 nitrogen and oxygen atoms in total. The third-order valence-corrected chi connectivity index (χ3v) is 2.08. The predicted octanol–water partition coefficient (Wildman–Crippen LogP) is 0.695. The van der Waals surface area contributed by atoms with Crippen LogP contribution in [0.4, 0.5) is 0 Å². The minimum Gasteiger partial charge on any atom is -0.392 e. The van der Waals surface area contributed by atoms with Gasteiger partial charge in [0.15, 0.2) is 5.78 Å². The van der Waals surface area contributed by atoms with Crippen LogP contribution in [0.1, 0.15) is 6.42 Å². The zero-order chi connectivity index (χ0) is 9.68. The number of carbonyl (C=O) groups excluding carboxylic acids is 1. The van der Waals surface area contributed by atoms with E-state index in [2.05, 4.69) is 0 Å². The number of ether oxygens (including phenoxy) is 1. The third-order valence-electron chi connectivity index (χ3n) is 2.08. The highest BCUT2D eigenvalue weighted by molar-refractivity contribution is 5.94. The van der Waals surface area contributed by atoms with Crippen LogP contribution in [0.15, 0.2) is 24.3 Å². The summed E-state index contributed by atoms with van der Waals surface area (Å²) in [7, 11) is 1.54. The van der Waals surface area contributed by atoms with Crippen molar-refractivity contribution in [1.29, 1.82) is 0 Å². The number of hydrogen-bond acceptors (Lipinski definition) is 3. The maximum absolute atomic E-state index is 11.2. The molecule has 2 unspecified atom stereocenters. The van der Waals surface area contributed by atoms with Crippen molar-refractivity contribution in [2.75, 3.05) is 13.7 Å². The summed E-state index contributed by atoms with van der Waals surface area (Å²) in [6.07, 6.45) is 7.29. The Kier molecular flexibility index (Phi) is 3.86. The molecule has 0 spiro atoms. The zero-order valence-electron chi connectivity index (χ0n) is 7.64. The topological polar surface area (TPSA) is 46.5 Å². The van der Waals surface area contributed by atoms with Gasteiger partial charge in [-0.3, -0.25) is 4.79 Å². The highest BCUT2D eigenvalue weighted by atomic mass is 16.5. The van der Waals surface area contributed by atoms with E-state index in [1.54, 1.807) is 12.2 Å². The number of rotatable bonds is 3. The first-order chi connectivity index (χ1) is 6.27. The quantitative estimate of drug-likeness (QED) is 0.653. The summed E-state index contributed by atoms with van der Waals surface area (Å²) in [5.41, 5.74) is 0. The van der Waals surface area contributed by atoms with Gasteiger partial charge in [0.25, 0.3) is 0 Å². The monoisotopic (exact) mass is 182 g/mol. The van der Waals surface area contributed by atoms with Gasteiger partial charge in [-0.05, 0) is 18.4 Å². The van der Waals surface area contributed by atoms with Gasteiger partial charge in [-0.2, -0.15) is 0 Å². The van der Waals surface area contributed by atoms with Crippen LogP contribution in [0.5, 0.6) is 0 Å². The van der Waals surface area contributed by atoms with Gasteiger partial charge in [0.1, 0.15) is 6.10 Å². The highest BCUT2D eigenvalue weighted by Crippen LogP contribution is 2.18. The van der Waals surface area contributed by atoms with Crippen molar-refractivity contribution < 1.29 is 14.6 Å². The minimum absolute atomic E-state index is 0.0242. The van der Waals surface area contributed by atoms with E-state index >= 15 is 0 Å². The van der Waals surface area contributed by atoms with Crippen LogP contribution >= 0.6 is 0 Å². The van der Waals surface area contributed by atoms with Crippen molar-refractivity contribution in [1.82, 2.24) is 0 Å². The molecule has 0 aromatic rings. The number of methoxy groups -OCH3 is 1. The molecular formula is C10H14O3. The molecule has 0 aliphatic heterocycles. The van der Waals surface area contributed by atoms with Crippen molar-refractivity contribution in [2.45, 2.75) is 12.5 Å². The van der Waals surface area contributed by atoms with Crippen molar-refractivity contribution in [3.8, 4) is 0 Å². The number of hydrogen-bond donors (Lipinski definition) is 1. The molecule has 0 saturated heterocycles. The molecule has 0 aromatic heterocycles. The molecule has 1 aliphatic carbocycles. The Morgan fingerprint density at radius 2 is 2.54 bits per heavy atom. The Labute approximate surface area is 77.7 Å².